The molecule has 12 aromatic rings. The Labute approximate surface area is 764 Å². The first-order chi connectivity index (χ1) is 56.2. The van der Waals surface area contributed by atoms with Crippen molar-refractivity contribution in [2.24, 2.45) is 0 Å². The second kappa shape index (κ2) is 35.8. The number of allylic oxidation sites excluding steroid dienone is 4. The molecular formula is C97H105BrF13LiO6S6. The second-order valence-corrected chi connectivity index (χ2v) is 43.9. The Morgan fingerprint density at radius 2 is 0.710 bits per heavy atom. The number of hydrogen-bond donors (Lipinski definition) is 0. The molecule has 14 rings (SSSR count). The number of ether oxygens (including phenoxy) is 4. The average Bonchev–Trinajstić information content (AvgIpc) is 1.51. The minimum atomic E-state index is -5.99. The van der Waals surface area contributed by atoms with E-state index in [1.165, 1.54) is 133 Å². The summed E-state index contributed by atoms with van der Waals surface area (Å²) in [5.41, 5.74) is -3.69. The van der Waals surface area contributed by atoms with E-state index in [4.69, 9.17) is 27.8 Å². The number of alkyl halides is 12. The van der Waals surface area contributed by atoms with Crippen molar-refractivity contribution in [1.82, 2.24) is 0 Å². The molecule has 0 unspecified atom stereocenters. The maximum atomic E-state index is 17.0. The van der Waals surface area contributed by atoms with Gasteiger partial charge in [-0.2, -0.15) is 59.1 Å². The molecule has 0 atom stereocenters. The number of rotatable bonds is 14. The molecule has 2 aliphatic carbocycles. The zero-order valence-corrected chi connectivity index (χ0v) is 80.3. The molecular weight excluding hydrogens is 1790 g/mol. The van der Waals surface area contributed by atoms with Gasteiger partial charge in [0.2, 0.25) is 0 Å². The summed E-state index contributed by atoms with van der Waals surface area (Å²) in [5, 5.41) is -0.434. The molecule has 0 N–H and O–H groups in total. The Hall–Kier alpha value is -6.99. The van der Waals surface area contributed by atoms with Gasteiger partial charge in [0.15, 0.2) is 28.8 Å². The number of unbranched alkanes of at least 4 members (excludes halogenated alkanes) is 1. The summed E-state index contributed by atoms with van der Waals surface area (Å²) in [6.07, 6.45) is 2.28. The van der Waals surface area contributed by atoms with E-state index in [9.17, 15) is 30.7 Å². The van der Waals surface area contributed by atoms with Crippen LogP contribution in [0.2, 0.25) is 0 Å². The third-order valence-corrected chi connectivity index (χ3v) is 31.3. The van der Waals surface area contributed by atoms with Crippen LogP contribution < -0.4 is 37.8 Å². The quantitative estimate of drug-likeness (QED) is 0.0614. The van der Waals surface area contributed by atoms with Crippen molar-refractivity contribution in [2.45, 2.75) is 234 Å². The van der Waals surface area contributed by atoms with Crippen LogP contribution in [0.4, 0.5) is 57.1 Å². The van der Waals surface area contributed by atoms with Crippen LogP contribution in [0.25, 0.3) is 100 Å². The monoisotopic (exact) mass is 1890 g/mol. The molecule has 4 aromatic carbocycles. The maximum absolute atomic E-state index is 17.0. The molecule has 0 amide bonds. The van der Waals surface area contributed by atoms with Gasteiger partial charge >= 0.3 is 54.4 Å². The van der Waals surface area contributed by atoms with Gasteiger partial charge in [-0.05, 0) is 145 Å². The summed E-state index contributed by atoms with van der Waals surface area (Å²) in [6.45, 7) is 47.4. The number of methoxy groups -OCH3 is 4. The molecule has 0 bridgehead atoms. The number of fused-ring (bicyclic) bond motifs is 2. The predicted octanol–water partition coefficient (Wildman–Crippen LogP) is 31.8. The van der Waals surface area contributed by atoms with Crippen LogP contribution in [0.1, 0.15) is 210 Å². The van der Waals surface area contributed by atoms with E-state index in [0.29, 0.717) is 14.6 Å². The van der Waals surface area contributed by atoms with Gasteiger partial charge < -0.3 is 34.7 Å². The number of aryl methyl sites for hydroxylation is 2. The zero-order chi connectivity index (χ0) is 90.8. The number of furan rings is 2. The van der Waals surface area contributed by atoms with Gasteiger partial charge in [0.1, 0.15) is 22.7 Å². The topological polar surface area (TPSA) is 63.2 Å². The first-order valence-corrected chi connectivity index (χ1v) is 45.1. The number of halogens is 14. The Morgan fingerprint density at radius 3 is 1.04 bits per heavy atom. The minimum Gasteiger partial charge on any atom is -0.493 e. The smallest absolute Gasteiger partial charge is 0.493 e. The molecule has 27 heteroatoms. The first kappa shape index (κ1) is 101. The Morgan fingerprint density at radius 1 is 0.379 bits per heavy atom. The predicted molar refractivity (Wildman–Crippen MR) is 492 cm³/mol. The van der Waals surface area contributed by atoms with E-state index >= 15 is 26.3 Å². The van der Waals surface area contributed by atoms with Crippen molar-refractivity contribution >= 4 is 123 Å². The van der Waals surface area contributed by atoms with Crippen LogP contribution in [0.5, 0.6) is 23.0 Å². The van der Waals surface area contributed by atoms with Gasteiger partial charge in [0.05, 0.1) is 43.8 Å². The van der Waals surface area contributed by atoms with Crippen molar-refractivity contribution in [3.63, 3.8) is 0 Å². The summed E-state index contributed by atoms with van der Waals surface area (Å²) in [6, 6.07) is 34.3. The van der Waals surface area contributed by atoms with Crippen LogP contribution in [0.15, 0.2) is 140 Å². The van der Waals surface area contributed by atoms with E-state index < -0.39 is 75.0 Å². The molecule has 0 saturated carbocycles. The van der Waals surface area contributed by atoms with Crippen molar-refractivity contribution in [2.75, 3.05) is 28.4 Å². The summed E-state index contributed by atoms with van der Waals surface area (Å²) in [5.74, 6) is -37.1. The van der Waals surface area contributed by atoms with Gasteiger partial charge in [-0.1, -0.05) is 194 Å². The van der Waals surface area contributed by atoms with Crippen LogP contribution in [-0.2, 0) is 32.5 Å². The molecule has 0 radical (unpaired) electrons. The fourth-order valence-corrected chi connectivity index (χ4v) is 22.2. The van der Waals surface area contributed by atoms with Crippen LogP contribution >= 0.6 is 84.0 Å². The molecule has 0 fully saturated rings. The molecule has 0 spiro atoms. The number of benzene rings is 4. The minimum absolute atomic E-state index is 0. The van der Waals surface area contributed by atoms with Gasteiger partial charge in [0.25, 0.3) is 0 Å². The average molecular weight is 1890 g/mol. The Bertz CT molecular complexity index is 5930. The van der Waals surface area contributed by atoms with E-state index in [1.807, 2.05) is 142 Å². The van der Waals surface area contributed by atoms with Gasteiger partial charge in [-0.25, -0.2) is 4.39 Å². The summed E-state index contributed by atoms with van der Waals surface area (Å²) < 4.78 is 236. The van der Waals surface area contributed by atoms with Crippen LogP contribution in [-0.4, -0.2) is 64.0 Å². The SMILES string of the molecule is C.COc1cc2oc(-c3ccc(C(C)(C)C)cc3)c(C3=C(F)C(F)(F)C(F)(F)C3(F)F)c2cc1OC.COc1cc2oc(-c3ccc(C(C)(C)C)cc3)c(C3=C(c4cc(-c5ccc(C(C)(C)C)s5)sc4-c4sc(C(C)(C)C)cc4C)C(F)(F)C(F)(F)C3(F)F)c2cc1OC.Cc1cc(C(C)(C)C)sc1-c1sc(-c2ccc(C(C)(C)C)s2)cc1Br.[CH2-]CCC.[Li+]. The van der Waals surface area contributed by atoms with E-state index in [2.05, 4.69) is 103 Å². The van der Waals surface area contributed by atoms with Gasteiger partial charge in [-0.3, -0.25) is 0 Å². The molecule has 664 valence electrons. The fraction of sp³-hybridized carbons (Fsp3) is 0.412. The van der Waals surface area contributed by atoms with E-state index in [0.717, 1.165) is 50.3 Å². The molecule has 0 saturated heterocycles. The van der Waals surface area contributed by atoms with Crippen molar-refractivity contribution < 1.29 is 104 Å². The maximum Gasteiger partial charge on any atom is 1.00 e. The summed E-state index contributed by atoms with van der Waals surface area (Å²) >= 11 is 13.5. The molecule has 124 heavy (non-hydrogen) atoms. The number of thiophene rings is 6. The third-order valence-electron chi connectivity index (χ3n) is 21.1. The van der Waals surface area contributed by atoms with Gasteiger partial charge in [-0.15, -0.1) is 68.0 Å². The largest absolute Gasteiger partial charge is 1.00 e. The second-order valence-electron chi connectivity index (χ2n) is 36.6. The Kier molecular flexibility index (Phi) is 29.1. The van der Waals surface area contributed by atoms with Gasteiger partial charge in [0, 0.05) is 115 Å². The Balaban J connectivity index is 0.000000224. The molecule has 8 aromatic heterocycles. The van der Waals surface area contributed by atoms with E-state index in [-0.39, 0.29) is 131 Å². The van der Waals surface area contributed by atoms with Crippen molar-refractivity contribution in [3.8, 4) is 84.7 Å². The molecule has 6 nitrogen and oxygen atoms in total. The van der Waals surface area contributed by atoms with Crippen LogP contribution in [0, 0.1) is 20.8 Å². The summed E-state index contributed by atoms with van der Waals surface area (Å²) in [7, 11) is 5.21. The molecule has 0 aliphatic heterocycles. The fourth-order valence-electron chi connectivity index (χ4n) is 13.9. The number of hydrogen-bond acceptors (Lipinski definition) is 12. The molecule has 2 aliphatic rings. The standard InChI is InChI=1S/C46H46F6O3S3.C25H21F7O3.C21H25BrS3.C4H9.CH4.Li/c1-23-19-34(43(8,9)10)58-39(23)40-27(21-32(57-40)31-17-18-33(56-31)42(5,6)7)36-37(45(49,50)46(51,52)44(36,47)48)35-26-20-29(53-11)30(54-12)22-28(26)55-38(35)24-13-15-25(16-14-24)41(2,3)4;1-22(2,3)13-8-6-12(7-9-13)20-18(14-10-16(33-4)17(34-5)11-15(14)35-20)19-21(26)24(29,30)25(31,32)23(19,27)28;1-12-10-17(21(5,6)7)25-18(12)19-13(22)11-15(24-19)14-8-9-16(23-14)20(2,3)4;1-3-4-2;;/h13-22H,1-12H3;6-11H,1-5H3;8-11H,1-7H3;1,3-4H2,2H3;1H4;/q;;;-1;;+1. The van der Waals surface area contributed by atoms with Crippen LogP contribution in [0.3, 0.4) is 0 Å². The normalized spacial score (nSPS) is 16.0. The van der Waals surface area contributed by atoms with Crippen molar-refractivity contribution in [1.29, 1.82) is 0 Å². The van der Waals surface area contributed by atoms with E-state index in [1.54, 1.807) is 36.4 Å². The summed E-state index contributed by atoms with van der Waals surface area (Å²) in [4.78, 5) is 12.3. The third kappa shape index (κ3) is 18.5. The first-order valence-electron chi connectivity index (χ1n) is 39.4. The molecule has 8 heterocycles. The van der Waals surface area contributed by atoms with Crippen molar-refractivity contribution in [3.05, 3.63) is 197 Å². The zero-order valence-electron chi connectivity index (χ0n) is 73.9.